The summed E-state index contributed by atoms with van der Waals surface area (Å²) >= 11 is 1.25. The number of hydrogen-bond donors (Lipinski definition) is 3. The minimum Gasteiger partial charge on any atom is -0.476 e. The fraction of sp³-hybridized carbons (Fsp3) is 0.571. The smallest absolute Gasteiger partial charge is 0.355 e. The molecule has 1 aromatic heterocycles. The third-order valence-electron chi connectivity index (χ3n) is 3.66. The lowest BCUT2D eigenvalue weighted by atomic mass is 10.1. The Bertz CT molecular complexity index is 589. The number of nitrogens with zero attached hydrogens (tertiary/aromatic N) is 2. The molecule has 2 heterocycles. The summed E-state index contributed by atoms with van der Waals surface area (Å²) in [4.78, 5) is 40.5. The number of piperazine rings is 1. The highest BCUT2D eigenvalue weighted by Gasteiger charge is 2.30. The summed E-state index contributed by atoms with van der Waals surface area (Å²) in [7, 11) is 0. The molecule has 2 amide bonds. The first-order valence-electron chi connectivity index (χ1n) is 7.47. The lowest BCUT2D eigenvalue weighted by molar-refractivity contribution is -0.133. The molecule has 0 saturated carbocycles. The molecule has 1 aromatic rings. The highest BCUT2D eigenvalue weighted by atomic mass is 32.1. The van der Waals surface area contributed by atoms with Gasteiger partial charge in [0.15, 0.2) is 5.69 Å². The minimum atomic E-state index is -1.06. The third-order valence-corrected chi connectivity index (χ3v) is 4.57. The van der Waals surface area contributed by atoms with Crippen molar-refractivity contribution in [3.63, 3.8) is 0 Å². The number of likely N-dealkylation sites (N-methyl/N-ethyl adjacent to an activating group) is 1. The SMILES string of the molecule is CCN1CCNC(=O)C1CC(=O)NCCc1nc(C(=O)O)cs1. The lowest BCUT2D eigenvalue weighted by Crippen LogP contribution is -2.56. The fourth-order valence-electron chi connectivity index (χ4n) is 2.44. The van der Waals surface area contributed by atoms with Crippen LogP contribution in [0.3, 0.4) is 0 Å². The molecule has 126 valence electrons. The van der Waals surface area contributed by atoms with E-state index in [4.69, 9.17) is 5.11 Å². The molecule has 0 radical (unpaired) electrons. The van der Waals surface area contributed by atoms with Crippen LogP contribution in [0.4, 0.5) is 0 Å². The van der Waals surface area contributed by atoms with Gasteiger partial charge >= 0.3 is 5.97 Å². The Morgan fingerprint density at radius 3 is 3.00 bits per heavy atom. The zero-order chi connectivity index (χ0) is 16.8. The van der Waals surface area contributed by atoms with Crippen molar-refractivity contribution < 1.29 is 19.5 Å². The summed E-state index contributed by atoms with van der Waals surface area (Å²) < 4.78 is 0. The Morgan fingerprint density at radius 2 is 2.35 bits per heavy atom. The van der Waals surface area contributed by atoms with Gasteiger partial charge in [-0.3, -0.25) is 14.5 Å². The van der Waals surface area contributed by atoms with E-state index in [0.29, 0.717) is 24.5 Å². The largest absolute Gasteiger partial charge is 0.476 e. The summed E-state index contributed by atoms with van der Waals surface area (Å²) in [6, 6.07) is -0.424. The Morgan fingerprint density at radius 1 is 1.57 bits per heavy atom. The fourth-order valence-corrected chi connectivity index (χ4v) is 3.22. The van der Waals surface area contributed by atoms with Crippen LogP contribution in [0.5, 0.6) is 0 Å². The van der Waals surface area contributed by atoms with E-state index in [0.717, 1.165) is 13.1 Å². The predicted octanol–water partition coefficient (Wildman–Crippen LogP) is -0.290. The van der Waals surface area contributed by atoms with Crippen molar-refractivity contribution in [1.29, 1.82) is 0 Å². The number of nitrogens with one attached hydrogen (secondary N) is 2. The van der Waals surface area contributed by atoms with Gasteiger partial charge in [-0.1, -0.05) is 6.92 Å². The average Bonchev–Trinajstić information content (AvgIpc) is 2.98. The zero-order valence-corrected chi connectivity index (χ0v) is 13.7. The standard InChI is InChI=1S/C14H20N4O4S/c1-2-18-6-5-16-13(20)10(18)7-11(19)15-4-3-12-17-9(8-23-12)14(21)22/h8,10H,2-7H2,1H3,(H,15,19)(H,16,20)(H,21,22). The first-order valence-corrected chi connectivity index (χ1v) is 8.35. The van der Waals surface area contributed by atoms with Gasteiger partial charge in [-0.25, -0.2) is 9.78 Å². The van der Waals surface area contributed by atoms with E-state index < -0.39 is 12.0 Å². The van der Waals surface area contributed by atoms with E-state index in [-0.39, 0.29) is 23.9 Å². The number of carbonyl (C=O) groups excluding carboxylic acids is 2. The molecule has 1 unspecified atom stereocenters. The second-order valence-electron chi connectivity index (χ2n) is 5.17. The van der Waals surface area contributed by atoms with E-state index in [9.17, 15) is 14.4 Å². The normalized spacial score (nSPS) is 18.5. The molecule has 0 bridgehead atoms. The topological polar surface area (TPSA) is 112 Å². The Balaban J connectivity index is 1.77. The van der Waals surface area contributed by atoms with E-state index in [1.807, 2.05) is 11.8 Å². The number of carbonyl (C=O) groups is 3. The van der Waals surface area contributed by atoms with Gasteiger partial charge in [0.25, 0.3) is 0 Å². The first-order chi connectivity index (χ1) is 11.0. The number of thiazole rings is 1. The van der Waals surface area contributed by atoms with Gasteiger partial charge in [-0.15, -0.1) is 11.3 Å². The van der Waals surface area contributed by atoms with Crippen molar-refractivity contribution >= 4 is 29.1 Å². The Labute approximate surface area is 137 Å². The van der Waals surface area contributed by atoms with Crippen molar-refractivity contribution in [3.8, 4) is 0 Å². The van der Waals surface area contributed by atoms with Gasteiger partial charge < -0.3 is 15.7 Å². The van der Waals surface area contributed by atoms with Crippen LogP contribution in [0.15, 0.2) is 5.38 Å². The van der Waals surface area contributed by atoms with Crippen LogP contribution in [0.25, 0.3) is 0 Å². The second-order valence-corrected chi connectivity index (χ2v) is 6.11. The van der Waals surface area contributed by atoms with Crippen LogP contribution < -0.4 is 10.6 Å². The number of aromatic carboxylic acids is 1. The monoisotopic (exact) mass is 340 g/mol. The van der Waals surface area contributed by atoms with Gasteiger partial charge in [0, 0.05) is 31.4 Å². The van der Waals surface area contributed by atoms with Gasteiger partial charge in [-0.2, -0.15) is 0 Å². The van der Waals surface area contributed by atoms with Gasteiger partial charge in [0.2, 0.25) is 11.8 Å². The number of hydrogen-bond acceptors (Lipinski definition) is 6. The molecule has 0 aromatic carbocycles. The Kier molecular flexibility index (Phi) is 6.05. The number of carboxylic acids is 1. The molecule has 1 atom stereocenters. The van der Waals surface area contributed by atoms with Crippen LogP contribution in [0.2, 0.25) is 0 Å². The Hall–Kier alpha value is -2.00. The molecule has 0 spiro atoms. The maximum absolute atomic E-state index is 12.0. The number of amides is 2. The van der Waals surface area contributed by atoms with Crippen LogP contribution in [0.1, 0.15) is 28.8 Å². The zero-order valence-electron chi connectivity index (χ0n) is 12.9. The summed E-state index contributed by atoms with van der Waals surface area (Å²) in [5, 5.41) is 16.5. The summed E-state index contributed by atoms with van der Waals surface area (Å²) in [5.41, 5.74) is 0.0220. The van der Waals surface area contributed by atoms with Crippen molar-refractivity contribution in [2.75, 3.05) is 26.2 Å². The summed E-state index contributed by atoms with van der Waals surface area (Å²) in [6.07, 6.45) is 0.593. The average molecular weight is 340 g/mol. The van der Waals surface area contributed by atoms with Crippen LogP contribution in [0, 0.1) is 0 Å². The van der Waals surface area contributed by atoms with Crippen LogP contribution >= 0.6 is 11.3 Å². The van der Waals surface area contributed by atoms with Crippen molar-refractivity contribution in [1.82, 2.24) is 20.5 Å². The molecule has 23 heavy (non-hydrogen) atoms. The van der Waals surface area contributed by atoms with E-state index in [1.165, 1.54) is 16.7 Å². The van der Waals surface area contributed by atoms with Crippen molar-refractivity contribution in [2.24, 2.45) is 0 Å². The highest BCUT2D eigenvalue weighted by Crippen LogP contribution is 2.11. The van der Waals surface area contributed by atoms with E-state index >= 15 is 0 Å². The molecule has 9 heteroatoms. The molecule has 1 aliphatic heterocycles. The van der Waals surface area contributed by atoms with Gasteiger partial charge in [-0.05, 0) is 6.54 Å². The number of carboxylic acid groups (broad SMARTS) is 1. The van der Waals surface area contributed by atoms with Crippen molar-refractivity contribution in [3.05, 3.63) is 16.1 Å². The number of rotatable bonds is 7. The van der Waals surface area contributed by atoms with Crippen LogP contribution in [-0.4, -0.2) is 65.0 Å². The predicted molar refractivity (Wildman–Crippen MR) is 84.4 cm³/mol. The van der Waals surface area contributed by atoms with Crippen molar-refractivity contribution in [2.45, 2.75) is 25.8 Å². The second kappa shape index (κ2) is 8.02. The third kappa shape index (κ3) is 4.73. The molecular weight excluding hydrogens is 320 g/mol. The quantitative estimate of drug-likeness (QED) is 0.629. The van der Waals surface area contributed by atoms with E-state index in [1.54, 1.807) is 0 Å². The molecule has 3 N–H and O–H groups in total. The molecule has 8 nitrogen and oxygen atoms in total. The molecular formula is C14H20N4O4S. The highest BCUT2D eigenvalue weighted by molar-refractivity contribution is 7.09. The molecule has 1 fully saturated rings. The lowest BCUT2D eigenvalue weighted by Gasteiger charge is -2.33. The maximum atomic E-state index is 12.0. The number of aromatic nitrogens is 1. The molecule has 0 aliphatic carbocycles. The summed E-state index contributed by atoms with van der Waals surface area (Å²) in [5.74, 6) is -1.36. The van der Waals surface area contributed by atoms with E-state index in [2.05, 4.69) is 15.6 Å². The van der Waals surface area contributed by atoms with Crippen LogP contribution in [-0.2, 0) is 16.0 Å². The van der Waals surface area contributed by atoms with Gasteiger partial charge in [0.05, 0.1) is 17.5 Å². The minimum absolute atomic E-state index is 0.0220. The molecule has 2 rings (SSSR count). The molecule has 1 saturated heterocycles. The summed E-state index contributed by atoms with van der Waals surface area (Å²) in [6.45, 7) is 4.42. The molecule has 1 aliphatic rings. The maximum Gasteiger partial charge on any atom is 0.355 e. The van der Waals surface area contributed by atoms with Gasteiger partial charge in [0.1, 0.15) is 0 Å². The first kappa shape index (κ1) is 17.4.